The fourth-order valence-corrected chi connectivity index (χ4v) is 1.03. The number of hydrogen-bond acceptors (Lipinski definition) is 4. The standard InChI is InChI=1S/C11H11NO4/c1-7(13)10(14)12-9-5-3-8(4-6-9)11(15)16-2/h3-6H,1-2H3,(H,12,14). The summed E-state index contributed by atoms with van der Waals surface area (Å²) < 4.78 is 4.52. The highest BCUT2D eigenvalue weighted by Crippen LogP contribution is 2.10. The number of ketones is 1. The van der Waals surface area contributed by atoms with E-state index in [0.29, 0.717) is 11.3 Å². The predicted octanol–water partition coefficient (Wildman–Crippen LogP) is 1.00. The van der Waals surface area contributed by atoms with Gasteiger partial charge in [0.05, 0.1) is 12.7 Å². The van der Waals surface area contributed by atoms with Crippen LogP contribution in [0, 0.1) is 0 Å². The van der Waals surface area contributed by atoms with Crippen molar-refractivity contribution in [3.05, 3.63) is 29.8 Å². The Morgan fingerprint density at radius 2 is 1.69 bits per heavy atom. The van der Waals surface area contributed by atoms with Crippen molar-refractivity contribution in [2.24, 2.45) is 0 Å². The van der Waals surface area contributed by atoms with Gasteiger partial charge in [0.15, 0.2) is 0 Å². The van der Waals surface area contributed by atoms with Crippen molar-refractivity contribution in [3.8, 4) is 0 Å². The first-order valence-electron chi connectivity index (χ1n) is 4.55. The molecule has 0 bridgehead atoms. The van der Waals surface area contributed by atoms with Gasteiger partial charge in [-0.05, 0) is 24.3 Å². The minimum absolute atomic E-state index is 0.378. The highest BCUT2D eigenvalue weighted by molar-refractivity contribution is 6.39. The van der Waals surface area contributed by atoms with E-state index >= 15 is 0 Å². The van der Waals surface area contributed by atoms with Crippen LogP contribution in [0.15, 0.2) is 24.3 Å². The lowest BCUT2D eigenvalue weighted by molar-refractivity contribution is -0.133. The second kappa shape index (κ2) is 5.06. The summed E-state index contributed by atoms with van der Waals surface area (Å²) in [6.45, 7) is 1.18. The molecule has 0 atom stereocenters. The number of nitrogens with one attached hydrogen (secondary N) is 1. The van der Waals surface area contributed by atoms with E-state index in [0.717, 1.165) is 0 Å². The number of methoxy groups -OCH3 is 1. The van der Waals surface area contributed by atoms with Crippen LogP contribution < -0.4 is 5.32 Å². The average molecular weight is 221 g/mol. The molecule has 0 aliphatic carbocycles. The molecule has 16 heavy (non-hydrogen) atoms. The van der Waals surface area contributed by atoms with Crippen LogP contribution in [-0.2, 0) is 14.3 Å². The van der Waals surface area contributed by atoms with E-state index in [9.17, 15) is 14.4 Å². The first-order valence-corrected chi connectivity index (χ1v) is 4.55. The highest BCUT2D eigenvalue weighted by atomic mass is 16.5. The van der Waals surface area contributed by atoms with Crippen molar-refractivity contribution < 1.29 is 19.1 Å². The minimum Gasteiger partial charge on any atom is -0.465 e. The van der Waals surface area contributed by atoms with Gasteiger partial charge in [-0.15, -0.1) is 0 Å². The summed E-state index contributed by atoms with van der Waals surface area (Å²) in [4.78, 5) is 32.8. The lowest BCUT2D eigenvalue weighted by Gasteiger charge is -2.03. The number of anilines is 1. The molecule has 5 nitrogen and oxygen atoms in total. The molecule has 84 valence electrons. The molecule has 0 radical (unpaired) electrons. The maximum absolute atomic E-state index is 11.1. The zero-order chi connectivity index (χ0) is 12.1. The van der Waals surface area contributed by atoms with Crippen molar-refractivity contribution in [1.29, 1.82) is 0 Å². The van der Waals surface area contributed by atoms with E-state index in [-0.39, 0.29) is 0 Å². The molecule has 0 aliphatic heterocycles. The maximum Gasteiger partial charge on any atom is 0.337 e. The topological polar surface area (TPSA) is 72.5 Å². The largest absolute Gasteiger partial charge is 0.465 e. The average Bonchev–Trinajstić information content (AvgIpc) is 2.28. The van der Waals surface area contributed by atoms with Crippen molar-refractivity contribution in [2.75, 3.05) is 12.4 Å². The normalized spacial score (nSPS) is 9.38. The van der Waals surface area contributed by atoms with Crippen molar-refractivity contribution in [2.45, 2.75) is 6.92 Å². The van der Waals surface area contributed by atoms with Crippen molar-refractivity contribution >= 4 is 23.3 Å². The summed E-state index contributed by atoms with van der Waals surface area (Å²) >= 11 is 0. The number of amides is 1. The molecule has 1 N–H and O–H groups in total. The van der Waals surface area contributed by atoms with Gasteiger partial charge in [0, 0.05) is 12.6 Å². The van der Waals surface area contributed by atoms with E-state index in [1.165, 1.54) is 38.3 Å². The number of ether oxygens (including phenoxy) is 1. The number of carbonyl (C=O) groups excluding carboxylic acids is 3. The quantitative estimate of drug-likeness (QED) is 0.610. The molecule has 1 aromatic carbocycles. The first kappa shape index (κ1) is 11.9. The Hall–Kier alpha value is -2.17. The van der Waals surface area contributed by atoms with Crippen LogP contribution in [0.25, 0.3) is 0 Å². The number of hydrogen-bond donors (Lipinski definition) is 1. The number of Topliss-reactive ketones (excluding diaryl/α,β-unsaturated/α-hetero) is 1. The molecular weight excluding hydrogens is 210 g/mol. The van der Waals surface area contributed by atoms with Crippen LogP contribution in [-0.4, -0.2) is 24.8 Å². The van der Waals surface area contributed by atoms with Crippen LogP contribution in [0.1, 0.15) is 17.3 Å². The first-order chi connectivity index (χ1) is 7.54. The molecule has 1 amide bonds. The fraction of sp³-hybridized carbons (Fsp3) is 0.182. The molecular formula is C11H11NO4. The van der Waals surface area contributed by atoms with E-state index in [1.807, 2.05) is 0 Å². The Morgan fingerprint density at radius 3 is 2.12 bits per heavy atom. The third kappa shape index (κ3) is 2.91. The molecule has 0 aromatic heterocycles. The Labute approximate surface area is 92.4 Å². The summed E-state index contributed by atoms with van der Waals surface area (Å²) in [6, 6.07) is 6.04. The molecule has 0 heterocycles. The lowest BCUT2D eigenvalue weighted by Crippen LogP contribution is -2.19. The van der Waals surface area contributed by atoms with Crippen LogP contribution in [0.5, 0.6) is 0 Å². The van der Waals surface area contributed by atoms with Crippen LogP contribution in [0.3, 0.4) is 0 Å². The Kier molecular flexibility index (Phi) is 3.77. The van der Waals surface area contributed by atoms with Crippen LogP contribution in [0.2, 0.25) is 0 Å². The van der Waals surface area contributed by atoms with Gasteiger partial charge in [-0.1, -0.05) is 0 Å². The number of rotatable bonds is 3. The fourth-order valence-electron chi connectivity index (χ4n) is 1.03. The summed E-state index contributed by atoms with van der Waals surface area (Å²) in [5.41, 5.74) is 0.830. The number of carbonyl (C=O) groups is 3. The van der Waals surface area contributed by atoms with Crippen LogP contribution >= 0.6 is 0 Å². The molecule has 0 fully saturated rings. The Balaban J connectivity index is 2.76. The second-order valence-electron chi connectivity index (χ2n) is 3.08. The third-order valence-corrected chi connectivity index (χ3v) is 1.88. The zero-order valence-electron chi connectivity index (χ0n) is 8.94. The van der Waals surface area contributed by atoms with E-state index in [4.69, 9.17) is 0 Å². The number of benzene rings is 1. The van der Waals surface area contributed by atoms with Gasteiger partial charge in [0.1, 0.15) is 0 Å². The molecule has 0 saturated carbocycles. The lowest BCUT2D eigenvalue weighted by atomic mass is 10.2. The third-order valence-electron chi connectivity index (χ3n) is 1.88. The molecule has 5 heteroatoms. The highest BCUT2D eigenvalue weighted by Gasteiger charge is 2.08. The molecule has 1 rings (SSSR count). The molecule has 0 aliphatic rings. The number of esters is 1. The summed E-state index contributed by atoms with van der Waals surface area (Å²) in [7, 11) is 1.29. The SMILES string of the molecule is COC(=O)c1ccc(NC(=O)C(C)=O)cc1. The Morgan fingerprint density at radius 1 is 1.12 bits per heavy atom. The zero-order valence-corrected chi connectivity index (χ0v) is 8.94. The van der Waals surface area contributed by atoms with Gasteiger partial charge >= 0.3 is 5.97 Å². The predicted molar refractivity (Wildman–Crippen MR) is 57.1 cm³/mol. The van der Waals surface area contributed by atoms with Crippen molar-refractivity contribution in [1.82, 2.24) is 0 Å². The summed E-state index contributed by atoms with van der Waals surface area (Å²) in [6.07, 6.45) is 0. The monoisotopic (exact) mass is 221 g/mol. The molecule has 1 aromatic rings. The van der Waals surface area contributed by atoms with E-state index in [1.54, 1.807) is 0 Å². The van der Waals surface area contributed by atoms with Gasteiger partial charge in [-0.3, -0.25) is 9.59 Å². The van der Waals surface area contributed by atoms with Gasteiger partial charge in [-0.2, -0.15) is 0 Å². The molecule has 0 spiro atoms. The van der Waals surface area contributed by atoms with Crippen LogP contribution in [0.4, 0.5) is 5.69 Å². The molecule has 0 saturated heterocycles. The second-order valence-corrected chi connectivity index (χ2v) is 3.08. The van der Waals surface area contributed by atoms with Gasteiger partial charge in [0.2, 0.25) is 5.78 Å². The smallest absolute Gasteiger partial charge is 0.337 e. The summed E-state index contributed by atoms with van der Waals surface area (Å²) in [5, 5.41) is 2.38. The summed E-state index contributed by atoms with van der Waals surface area (Å²) in [5.74, 6) is -1.72. The van der Waals surface area contributed by atoms with Gasteiger partial charge < -0.3 is 10.1 Å². The Bertz CT molecular complexity index is 422. The van der Waals surface area contributed by atoms with Crippen molar-refractivity contribution in [3.63, 3.8) is 0 Å². The minimum atomic E-state index is -0.689. The molecule has 0 unspecified atom stereocenters. The van der Waals surface area contributed by atoms with E-state index in [2.05, 4.69) is 10.1 Å². The maximum atomic E-state index is 11.1. The van der Waals surface area contributed by atoms with Gasteiger partial charge in [-0.25, -0.2) is 4.79 Å². The van der Waals surface area contributed by atoms with Gasteiger partial charge in [0.25, 0.3) is 5.91 Å². The van der Waals surface area contributed by atoms with E-state index < -0.39 is 17.7 Å².